The van der Waals surface area contributed by atoms with Crippen molar-refractivity contribution in [1.29, 1.82) is 0 Å². The van der Waals surface area contributed by atoms with Gasteiger partial charge in [0.2, 0.25) is 11.8 Å². The van der Waals surface area contributed by atoms with Crippen LogP contribution in [0.4, 0.5) is 5.69 Å². The minimum Gasteiger partial charge on any atom is -0.497 e. The van der Waals surface area contributed by atoms with Crippen molar-refractivity contribution in [3.8, 4) is 17.2 Å². The van der Waals surface area contributed by atoms with Crippen molar-refractivity contribution in [2.24, 2.45) is 0 Å². The first-order valence-electron chi connectivity index (χ1n) is 14.8. The number of methoxy groups -OCH3 is 3. The van der Waals surface area contributed by atoms with Gasteiger partial charge in [-0.05, 0) is 54.4 Å². The minimum atomic E-state index is -4.31. The van der Waals surface area contributed by atoms with Crippen LogP contribution in [0.5, 0.6) is 17.2 Å². The highest BCUT2D eigenvalue weighted by atomic mass is 32.2. The van der Waals surface area contributed by atoms with E-state index in [9.17, 15) is 18.0 Å². The molecule has 4 rings (SSSR count). The number of hydrogen-bond acceptors (Lipinski definition) is 7. The first-order chi connectivity index (χ1) is 22.2. The third-order valence-corrected chi connectivity index (χ3v) is 9.15. The van der Waals surface area contributed by atoms with E-state index in [0.717, 1.165) is 9.87 Å². The maximum absolute atomic E-state index is 14.6. The second-order valence-corrected chi connectivity index (χ2v) is 12.2. The normalized spacial score (nSPS) is 11.7. The van der Waals surface area contributed by atoms with E-state index in [0.29, 0.717) is 23.6 Å². The van der Waals surface area contributed by atoms with Crippen molar-refractivity contribution in [2.45, 2.75) is 30.8 Å². The van der Waals surface area contributed by atoms with Gasteiger partial charge in [-0.25, -0.2) is 8.42 Å². The average Bonchev–Trinajstić information content (AvgIpc) is 3.09. The van der Waals surface area contributed by atoms with Gasteiger partial charge in [0, 0.05) is 25.6 Å². The van der Waals surface area contributed by atoms with E-state index in [1.807, 2.05) is 36.4 Å². The zero-order chi connectivity index (χ0) is 33.1. The zero-order valence-electron chi connectivity index (χ0n) is 26.4. The van der Waals surface area contributed by atoms with Gasteiger partial charge in [-0.2, -0.15) is 0 Å². The number of nitrogens with zero attached hydrogens (tertiary/aromatic N) is 2. The van der Waals surface area contributed by atoms with Gasteiger partial charge in [0.15, 0.2) is 0 Å². The van der Waals surface area contributed by atoms with Crippen LogP contribution in [0.15, 0.2) is 108 Å². The third-order valence-electron chi connectivity index (χ3n) is 7.37. The van der Waals surface area contributed by atoms with Crippen molar-refractivity contribution >= 4 is 27.5 Å². The molecule has 0 bridgehead atoms. The van der Waals surface area contributed by atoms with Gasteiger partial charge in [-0.3, -0.25) is 13.9 Å². The van der Waals surface area contributed by atoms with Crippen LogP contribution in [0.25, 0.3) is 0 Å². The van der Waals surface area contributed by atoms with E-state index < -0.39 is 28.5 Å². The molecule has 46 heavy (non-hydrogen) atoms. The summed E-state index contributed by atoms with van der Waals surface area (Å²) in [6, 6.07) is 28.1. The molecule has 11 heteroatoms. The molecule has 0 aliphatic carbocycles. The summed E-state index contributed by atoms with van der Waals surface area (Å²) in [6.45, 7) is 1.53. The molecule has 2 amide bonds. The molecule has 10 nitrogen and oxygen atoms in total. The molecule has 0 heterocycles. The smallest absolute Gasteiger partial charge is 0.264 e. The Morgan fingerprint density at radius 3 is 2.02 bits per heavy atom. The Hall–Kier alpha value is -5.03. The van der Waals surface area contributed by atoms with Gasteiger partial charge >= 0.3 is 0 Å². The molecule has 0 radical (unpaired) electrons. The molecule has 0 spiro atoms. The van der Waals surface area contributed by atoms with Crippen LogP contribution in [-0.2, 0) is 32.6 Å². The lowest BCUT2D eigenvalue weighted by molar-refractivity contribution is -0.140. The highest BCUT2D eigenvalue weighted by Crippen LogP contribution is 2.36. The molecule has 4 aromatic rings. The van der Waals surface area contributed by atoms with Crippen LogP contribution in [0, 0.1) is 0 Å². The monoisotopic (exact) mass is 645 g/mol. The fourth-order valence-corrected chi connectivity index (χ4v) is 6.48. The molecular weight excluding hydrogens is 606 g/mol. The Bertz CT molecular complexity index is 1720. The quantitative estimate of drug-likeness (QED) is 0.200. The van der Waals surface area contributed by atoms with Gasteiger partial charge in [0.1, 0.15) is 29.8 Å². The summed E-state index contributed by atoms with van der Waals surface area (Å²) in [5.41, 5.74) is 1.65. The number of carbonyl (C=O) groups is 2. The SMILES string of the molecule is CCNC(=O)[C@@H](Cc1ccccc1)N(Cc1cccc(OC)c1)C(=O)CN(c1cc(OC)ccc1OC)S(=O)(=O)c1ccccc1. The van der Waals surface area contributed by atoms with E-state index in [4.69, 9.17) is 14.2 Å². The molecule has 0 aliphatic rings. The summed E-state index contributed by atoms with van der Waals surface area (Å²) in [7, 11) is 0.114. The summed E-state index contributed by atoms with van der Waals surface area (Å²) >= 11 is 0. The number of ether oxygens (including phenoxy) is 3. The lowest BCUT2D eigenvalue weighted by atomic mass is 10.0. The average molecular weight is 646 g/mol. The number of nitrogens with one attached hydrogen (secondary N) is 1. The number of likely N-dealkylation sites (N-methyl/N-ethyl adjacent to an activating group) is 1. The molecule has 0 aliphatic heterocycles. The number of hydrogen-bond donors (Lipinski definition) is 1. The van der Waals surface area contributed by atoms with Crippen LogP contribution in [0.2, 0.25) is 0 Å². The highest BCUT2D eigenvalue weighted by molar-refractivity contribution is 7.92. The van der Waals surface area contributed by atoms with Crippen molar-refractivity contribution < 1.29 is 32.2 Å². The predicted octanol–water partition coefficient (Wildman–Crippen LogP) is 4.68. The zero-order valence-corrected chi connectivity index (χ0v) is 27.2. The van der Waals surface area contributed by atoms with Gasteiger partial charge in [0.25, 0.3) is 10.0 Å². The number of amides is 2. The Morgan fingerprint density at radius 1 is 0.761 bits per heavy atom. The largest absolute Gasteiger partial charge is 0.497 e. The Balaban J connectivity index is 1.86. The Labute approximate surface area is 270 Å². The topological polar surface area (TPSA) is 114 Å². The van der Waals surface area contributed by atoms with Crippen LogP contribution in [0.1, 0.15) is 18.1 Å². The summed E-state index contributed by atoms with van der Waals surface area (Å²) in [6.07, 6.45) is 0.205. The van der Waals surface area contributed by atoms with Gasteiger partial charge < -0.3 is 24.4 Å². The van der Waals surface area contributed by atoms with Crippen molar-refractivity contribution in [3.63, 3.8) is 0 Å². The lowest BCUT2D eigenvalue weighted by Gasteiger charge is -2.34. The van der Waals surface area contributed by atoms with Crippen LogP contribution >= 0.6 is 0 Å². The standard InChI is InChI=1S/C35H39N3O7S/c1-5-36-35(40)32(22-26-13-8-6-9-14-26)37(24-27-15-12-16-28(21-27)43-2)34(39)25-38(46(41,42)30-17-10-7-11-18-30)31-23-29(44-3)19-20-33(31)45-4/h6-21,23,32H,5,22,24-25H2,1-4H3,(H,36,40)/t32-/m1/s1. The van der Waals surface area contributed by atoms with Crippen LogP contribution < -0.4 is 23.8 Å². The Morgan fingerprint density at radius 2 is 1.39 bits per heavy atom. The minimum absolute atomic E-state index is 0.0130. The number of rotatable bonds is 15. The van der Waals surface area contributed by atoms with Gasteiger partial charge in [-0.1, -0.05) is 60.7 Å². The third kappa shape index (κ3) is 8.16. The molecule has 242 valence electrons. The lowest BCUT2D eigenvalue weighted by Crippen LogP contribution is -2.53. The Kier molecular flexibility index (Phi) is 11.6. The molecule has 1 N–H and O–H groups in total. The summed E-state index contributed by atoms with van der Waals surface area (Å²) in [5.74, 6) is 0.210. The first kappa shape index (κ1) is 33.9. The summed E-state index contributed by atoms with van der Waals surface area (Å²) in [5, 5.41) is 2.86. The molecular formula is C35H39N3O7S. The van der Waals surface area contributed by atoms with E-state index in [1.165, 1.54) is 37.3 Å². The number of anilines is 1. The molecule has 0 fully saturated rings. The van der Waals surface area contributed by atoms with E-state index in [-0.39, 0.29) is 35.2 Å². The molecule has 4 aromatic carbocycles. The van der Waals surface area contributed by atoms with Crippen molar-refractivity contribution in [3.05, 3.63) is 114 Å². The molecule has 0 saturated heterocycles. The van der Waals surface area contributed by atoms with Gasteiger partial charge in [-0.15, -0.1) is 0 Å². The second-order valence-electron chi connectivity index (χ2n) is 10.3. The molecule has 0 saturated carbocycles. The number of carbonyl (C=O) groups excluding carboxylic acids is 2. The van der Waals surface area contributed by atoms with E-state index in [2.05, 4.69) is 5.32 Å². The summed E-state index contributed by atoms with van der Waals surface area (Å²) in [4.78, 5) is 29.7. The highest BCUT2D eigenvalue weighted by Gasteiger charge is 2.35. The number of benzene rings is 4. The summed E-state index contributed by atoms with van der Waals surface area (Å²) < 4.78 is 45.9. The van der Waals surface area contributed by atoms with Gasteiger partial charge in [0.05, 0.1) is 31.9 Å². The number of sulfonamides is 1. The predicted molar refractivity (Wildman–Crippen MR) is 177 cm³/mol. The molecule has 0 aromatic heterocycles. The fourth-order valence-electron chi connectivity index (χ4n) is 5.04. The van der Waals surface area contributed by atoms with Crippen molar-refractivity contribution in [2.75, 3.05) is 38.7 Å². The van der Waals surface area contributed by atoms with Crippen LogP contribution in [-0.4, -0.2) is 65.6 Å². The maximum Gasteiger partial charge on any atom is 0.264 e. The maximum atomic E-state index is 14.6. The fraction of sp³-hybridized carbons (Fsp3) is 0.257. The molecule has 0 unspecified atom stereocenters. The second kappa shape index (κ2) is 15.8. The molecule has 1 atom stereocenters. The first-order valence-corrected chi connectivity index (χ1v) is 16.2. The van der Waals surface area contributed by atoms with Crippen molar-refractivity contribution in [1.82, 2.24) is 10.2 Å². The van der Waals surface area contributed by atoms with E-state index >= 15 is 0 Å². The van der Waals surface area contributed by atoms with E-state index in [1.54, 1.807) is 62.6 Å². The van der Waals surface area contributed by atoms with Crippen LogP contribution in [0.3, 0.4) is 0 Å².